The summed E-state index contributed by atoms with van der Waals surface area (Å²) in [5.41, 5.74) is 2.30. The van der Waals surface area contributed by atoms with Gasteiger partial charge in [-0.1, -0.05) is 5.21 Å². The standard InChI is InChI=1S/C21H30N5OS/c1-15-4-7-24(11-15)13-19-14-26(23-22-19)12-18-5-8-25(9-6-18)21(27)20-10-16(2)17(3)28-20/h10,14-15,18H,1,4-9,11-13H2,2-3H3/q+1/p+1/t15-/m1/s1. The lowest BCUT2D eigenvalue weighted by atomic mass is 9.96. The molecule has 4 heterocycles. The van der Waals surface area contributed by atoms with Gasteiger partial charge < -0.3 is 9.80 Å². The molecule has 1 amide bonds. The monoisotopic (exact) mass is 401 g/mol. The van der Waals surface area contributed by atoms with Crippen molar-refractivity contribution >= 4 is 17.2 Å². The van der Waals surface area contributed by atoms with Crippen LogP contribution < -0.4 is 4.90 Å². The van der Waals surface area contributed by atoms with E-state index in [0.717, 1.165) is 56.1 Å². The van der Waals surface area contributed by atoms with E-state index in [2.05, 4.69) is 37.3 Å². The van der Waals surface area contributed by atoms with Crippen LogP contribution >= 0.6 is 11.3 Å². The van der Waals surface area contributed by atoms with Gasteiger partial charge in [-0.15, -0.1) is 16.4 Å². The molecule has 0 aliphatic carbocycles. The second kappa shape index (κ2) is 8.25. The van der Waals surface area contributed by atoms with Crippen LogP contribution in [0.1, 0.15) is 45.1 Å². The molecule has 2 atom stereocenters. The van der Waals surface area contributed by atoms with Crippen molar-refractivity contribution in [1.29, 1.82) is 0 Å². The second-order valence-corrected chi connectivity index (χ2v) is 9.81. The number of nitrogens with one attached hydrogen (secondary N) is 1. The van der Waals surface area contributed by atoms with Crippen LogP contribution in [0.25, 0.3) is 0 Å². The van der Waals surface area contributed by atoms with E-state index in [1.165, 1.54) is 23.4 Å². The Kier molecular flexibility index (Phi) is 5.73. The fraction of sp³-hybridized carbons (Fsp3) is 0.619. The fourth-order valence-corrected chi connectivity index (χ4v) is 5.37. The molecule has 2 aliphatic heterocycles. The highest BCUT2D eigenvalue weighted by Crippen LogP contribution is 2.25. The Morgan fingerprint density at radius 1 is 1.32 bits per heavy atom. The normalized spacial score (nSPS) is 23.4. The van der Waals surface area contributed by atoms with Crippen LogP contribution in [0, 0.1) is 32.6 Å². The van der Waals surface area contributed by atoms with Crippen LogP contribution in [0.4, 0.5) is 0 Å². The van der Waals surface area contributed by atoms with Gasteiger partial charge in [0.25, 0.3) is 5.91 Å². The smallest absolute Gasteiger partial charge is 0.263 e. The Morgan fingerprint density at radius 2 is 2.11 bits per heavy atom. The van der Waals surface area contributed by atoms with Crippen molar-refractivity contribution in [2.45, 2.75) is 46.2 Å². The Bertz CT molecular complexity index is 801. The largest absolute Gasteiger partial charge is 0.338 e. The number of hydrogen-bond acceptors (Lipinski definition) is 4. The summed E-state index contributed by atoms with van der Waals surface area (Å²) in [6, 6.07) is 2.03. The zero-order chi connectivity index (χ0) is 19.7. The lowest BCUT2D eigenvalue weighted by Gasteiger charge is -2.31. The van der Waals surface area contributed by atoms with E-state index in [-0.39, 0.29) is 5.91 Å². The number of thiophene rings is 1. The Balaban J connectivity index is 1.26. The second-order valence-electron chi connectivity index (χ2n) is 8.55. The summed E-state index contributed by atoms with van der Waals surface area (Å²) in [5, 5.41) is 8.72. The predicted molar refractivity (Wildman–Crippen MR) is 110 cm³/mol. The van der Waals surface area contributed by atoms with Gasteiger partial charge in [0.15, 0.2) is 0 Å². The molecular formula is C21H31N5OS+2. The summed E-state index contributed by atoms with van der Waals surface area (Å²) in [6.07, 6.45) is 5.39. The van der Waals surface area contributed by atoms with Gasteiger partial charge in [0.2, 0.25) is 0 Å². The maximum absolute atomic E-state index is 12.7. The number of quaternary nitrogens is 1. The highest BCUT2D eigenvalue weighted by atomic mass is 32.1. The van der Waals surface area contributed by atoms with E-state index in [1.807, 2.05) is 15.6 Å². The first kappa shape index (κ1) is 19.5. The van der Waals surface area contributed by atoms with Gasteiger partial charge in [0.1, 0.15) is 24.7 Å². The fourth-order valence-electron chi connectivity index (χ4n) is 4.36. The Morgan fingerprint density at radius 3 is 2.75 bits per heavy atom. The van der Waals surface area contributed by atoms with E-state index < -0.39 is 0 Å². The van der Waals surface area contributed by atoms with Crippen LogP contribution in [0.2, 0.25) is 0 Å². The van der Waals surface area contributed by atoms with Crippen molar-refractivity contribution in [2.24, 2.45) is 11.8 Å². The zero-order valence-corrected chi connectivity index (χ0v) is 17.8. The summed E-state index contributed by atoms with van der Waals surface area (Å²) in [7, 11) is 0. The molecule has 1 unspecified atom stereocenters. The molecule has 0 spiro atoms. The highest BCUT2D eigenvalue weighted by Gasteiger charge is 2.28. The first-order valence-corrected chi connectivity index (χ1v) is 11.2. The molecule has 2 saturated heterocycles. The Labute approximate surface area is 171 Å². The molecule has 4 rings (SSSR count). The number of likely N-dealkylation sites (tertiary alicyclic amines) is 2. The molecule has 0 radical (unpaired) electrons. The minimum Gasteiger partial charge on any atom is -0.338 e. The van der Waals surface area contributed by atoms with E-state index in [9.17, 15) is 4.79 Å². The molecule has 2 fully saturated rings. The molecule has 7 heteroatoms. The number of amides is 1. The average molecular weight is 402 g/mol. The molecule has 6 nitrogen and oxygen atoms in total. The van der Waals surface area contributed by atoms with Crippen LogP contribution in [0.15, 0.2) is 12.3 Å². The van der Waals surface area contributed by atoms with Gasteiger partial charge in [-0.3, -0.25) is 9.48 Å². The molecule has 2 aliphatic rings. The van der Waals surface area contributed by atoms with Crippen molar-refractivity contribution in [2.75, 3.05) is 26.2 Å². The quantitative estimate of drug-likeness (QED) is 0.777. The number of carbonyl (C=O) groups excluding carboxylic acids is 1. The van der Waals surface area contributed by atoms with Crippen molar-refractivity contribution in [3.63, 3.8) is 0 Å². The first-order chi connectivity index (χ1) is 13.5. The Hall–Kier alpha value is -1.86. The molecular weight excluding hydrogens is 370 g/mol. The molecule has 0 aromatic carbocycles. The zero-order valence-electron chi connectivity index (χ0n) is 17.0. The number of carbonyl (C=O) groups is 1. The lowest BCUT2D eigenvalue weighted by Crippen LogP contribution is -3.08. The van der Waals surface area contributed by atoms with E-state index in [4.69, 9.17) is 0 Å². The molecule has 150 valence electrons. The third-order valence-electron chi connectivity index (χ3n) is 6.22. The maximum Gasteiger partial charge on any atom is 0.263 e. The number of piperidine rings is 1. The number of rotatable bonds is 5. The van der Waals surface area contributed by atoms with Gasteiger partial charge in [-0.2, -0.15) is 0 Å². The van der Waals surface area contributed by atoms with Crippen molar-refractivity contribution in [3.05, 3.63) is 40.2 Å². The molecule has 28 heavy (non-hydrogen) atoms. The topological polar surface area (TPSA) is 55.5 Å². The third-order valence-corrected chi connectivity index (χ3v) is 7.37. The van der Waals surface area contributed by atoms with E-state index >= 15 is 0 Å². The maximum atomic E-state index is 12.7. The number of aryl methyl sites for hydroxylation is 2. The average Bonchev–Trinajstić information content (AvgIpc) is 3.38. The van der Waals surface area contributed by atoms with Gasteiger partial charge in [-0.25, -0.2) is 0 Å². The van der Waals surface area contributed by atoms with Crippen molar-refractivity contribution in [3.8, 4) is 0 Å². The lowest BCUT2D eigenvalue weighted by molar-refractivity contribution is -0.902. The molecule has 0 saturated carbocycles. The van der Waals surface area contributed by atoms with E-state index in [0.29, 0.717) is 11.8 Å². The SMILES string of the molecule is [CH2+][C@@H]1CC[NH+](Cc2cn(CC3CCN(C(=O)c4cc(C)c(C)s4)CC3)nn2)C1. The minimum atomic E-state index is 0.194. The molecule has 0 bridgehead atoms. The number of aromatic nitrogens is 3. The summed E-state index contributed by atoms with van der Waals surface area (Å²) < 4.78 is 2.00. The van der Waals surface area contributed by atoms with Gasteiger partial charge in [0.05, 0.1) is 24.5 Å². The summed E-state index contributed by atoms with van der Waals surface area (Å²) >= 11 is 1.62. The third kappa shape index (κ3) is 4.41. The van der Waals surface area contributed by atoms with Crippen LogP contribution in [-0.2, 0) is 13.1 Å². The molecule has 2 aromatic rings. The van der Waals surface area contributed by atoms with Crippen LogP contribution in [-0.4, -0.2) is 52.0 Å². The van der Waals surface area contributed by atoms with E-state index in [1.54, 1.807) is 16.2 Å². The van der Waals surface area contributed by atoms with Crippen molar-refractivity contribution < 1.29 is 9.69 Å². The molecule has 2 aromatic heterocycles. The number of hydrogen-bond donors (Lipinski definition) is 1. The summed E-state index contributed by atoms with van der Waals surface area (Å²) in [4.78, 5) is 18.4. The van der Waals surface area contributed by atoms with Crippen LogP contribution in [0.3, 0.4) is 0 Å². The van der Waals surface area contributed by atoms with Crippen LogP contribution in [0.5, 0.6) is 0 Å². The van der Waals surface area contributed by atoms with Gasteiger partial charge in [0, 0.05) is 30.9 Å². The van der Waals surface area contributed by atoms with Crippen molar-refractivity contribution in [1.82, 2.24) is 19.9 Å². The first-order valence-electron chi connectivity index (χ1n) is 10.4. The predicted octanol–water partition coefficient (Wildman–Crippen LogP) is 1.75. The summed E-state index contributed by atoms with van der Waals surface area (Å²) in [5.74, 6) is 1.34. The van der Waals surface area contributed by atoms with Gasteiger partial charge in [-0.05, 0) is 44.2 Å². The van der Waals surface area contributed by atoms with Gasteiger partial charge >= 0.3 is 0 Å². The summed E-state index contributed by atoms with van der Waals surface area (Å²) in [6.45, 7) is 14.2. The number of nitrogens with zero attached hydrogens (tertiary/aromatic N) is 4. The highest BCUT2D eigenvalue weighted by molar-refractivity contribution is 7.14. The molecule has 1 N–H and O–H groups in total. The minimum absolute atomic E-state index is 0.194.